The first-order valence-electron chi connectivity index (χ1n) is 10.0. The molecule has 1 aliphatic rings. The molecule has 4 rings (SSSR count). The number of rotatable bonds is 6. The summed E-state index contributed by atoms with van der Waals surface area (Å²) in [6.45, 7) is 3.16. The Kier molecular flexibility index (Phi) is 5.50. The molecule has 0 unspecified atom stereocenters. The van der Waals surface area contributed by atoms with E-state index in [0.29, 0.717) is 0 Å². The molecule has 1 aromatic carbocycles. The smallest absolute Gasteiger partial charge is 0.143 e. The van der Waals surface area contributed by atoms with Gasteiger partial charge < -0.3 is 14.4 Å². The summed E-state index contributed by atoms with van der Waals surface area (Å²) < 4.78 is 8.08. The van der Waals surface area contributed by atoms with Crippen molar-refractivity contribution >= 4 is 22.2 Å². The fourth-order valence-electron chi connectivity index (χ4n) is 4.35. The predicted octanol–water partition coefficient (Wildman–Crippen LogP) is 5.41. The summed E-state index contributed by atoms with van der Waals surface area (Å²) in [7, 11) is 1.74. The second kappa shape index (κ2) is 8.03. The van der Waals surface area contributed by atoms with E-state index in [4.69, 9.17) is 9.72 Å². The molecule has 2 heterocycles. The second-order valence-electron chi connectivity index (χ2n) is 7.46. The molecule has 3 aromatic rings. The normalized spacial score (nSPS) is 15.5. The zero-order chi connectivity index (χ0) is 18.8. The Morgan fingerprint density at radius 3 is 2.74 bits per heavy atom. The molecule has 2 aromatic heterocycles. The number of benzene rings is 1. The van der Waals surface area contributed by atoms with Crippen LogP contribution in [-0.4, -0.2) is 21.8 Å². The van der Waals surface area contributed by atoms with Gasteiger partial charge in [-0.1, -0.05) is 38.3 Å². The lowest BCUT2D eigenvalue weighted by molar-refractivity contribution is 0.276. The highest BCUT2D eigenvalue weighted by molar-refractivity contribution is 7.15. The van der Waals surface area contributed by atoms with Crippen LogP contribution in [0.25, 0.3) is 21.5 Å². The monoisotopic (exact) mass is 384 g/mol. The SMILES string of the molecule is CCc1sc(-c2cn(CC3CCCCC3)c3c(OC)cccc23)nc1CO. The molecule has 1 fully saturated rings. The lowest BCUT2D eigenvalue weighted by atomic mass is 9.89. The number of ether oxygens (including phenoxy) is 1. The van der Waals surface area contributed by atoms with E-state index in [-0.39, 0.29) is 6.61 Å². The van der Waals surface area contributed by atoms with Gasteiger partial charge in [0.1, 0.15) is 10.8 Å². The van der Waals surface area contributed by atoms with Gasteiger partial charge in [0, 0.05) is 28.6 Å². The average molecular weight is 385 g/mol. The first-order valence-corrected chi connectivity index (χ1v) is 10.8. The molecule has 1 N–H and O–H groups in total. The summed E-state index contributed by atoms with van der Waals surface area (Å²) in [4.78, 5) is 5.92. The van der Waals surface area contributed by atoms with Crippen LogP contribution in [0.4, 0.5) is 0 Å². The Labute approximate surface area is 164 Å². The third-order valence-corrected chi connectivity index (χ3v) is 7.02. The van der Waals surface area contributed by atoms with Crippen LogP contribution in [0.2, 0.25) is 0 Å². The van der Waals surface area contributed by atoms with Crippen LogP contribution >= 0.6 is 11.3 Å². The maximum atomic E-state index is 9.65. The Hall–Kier alpha value is -1.85. The van der Waals surface area contributed by atoms with Gasteiger partial charge in [-0.15, -0.1) is 11.3 Å². The largest absolute Gasteiger partial charge is 0.495 e. The molecular weight excluding hydrogens is 356 g/mol. The Morgan fingerprint density at radius 2 is 2.07 bits per heavy atom. The molecule has 0 aliphatic heterocycles. The third-order valence-electron chi connectivity index (χ3n) is 5.74. The lowest BCUT2D eigenvalue weighted by Gasteiger charge is -2.22. The van der Waals surface area contributed by atoms with Crippen LogP contribution < -0.4 is 4.74 Å². The molecule has 0 atom stereocenters. The molecule has 144 valence electrons. The van der Waals surface area contributed by atoms with Crippen LogP contribution in [0.5, 0.6) is 5.75 Å². The molecule has 4 nitrogen and oxygen atoms in total. The average Bonchev–Trinajstić information content (AvgIpc) is 3.30. The molecule has 0 bridgehead atoms. The number of fused-ring (bicyclic) bond motifs is 1. The van der Waals surface area contributed by atoms with E-state index in [2.05, 4.69) is 29.8 Å². The molecule has 0 spiro atoms. The Morgan fingerprint density at radius 1 is 1.26 bits per heavy atom. The van der Waals surface area contributed by atoms with Crippen molar-refractivity contribution in [3.05, 3.63) is 35.0 Å². The van der Waals surface area contributed by atoms with Crippen LogP contribution in [0.3, 0.4) is 0 Å². The summed E-state index contributed by atoms with van der Waals surface area (Å²) in [6, 6.07) is 6.26. The van der Waals surface area contributed by atoms with E-state index in [1.165, 1.54) is 47.9 Å². The minimum absolute atomic E-state index is 0.00368. The minimum Gasteiger partial charge on any atom is -0.495 e. The quantitative estimate of drug-likeness (QED) is 0.618. The van der Waals surface area contributed by atoms with Gasteiger partial charge in [-0.3, -0.25) is 0 Å². The molecule has 0 saturated heterocycles. The summed E-state index contributed by atoms with van der Waals surface area (Å²) >= 11 is 1.70. The van der Waals surface area contributed by atoms with Gasteiger partial charge in [0.05, 0.1) is 24.9 Å². The molecule has 0 amide bonds. The first kappa shape index (κ1) is 18.5. The maximum absolute atomic E-state index is 9.65. The summed E-state index contributed by atoms with van der Waals surface area (Å²) in [5.41, 5.74) is 3.13. The minimum atomic E-state index is 0.00368. The number of aryl methyl sites for hydroxylation is 1. The van der Waals surface area contributed by atoms with Gasteiger partial charge >= 0.3 is 0 Å². The zero-order valence-electron chi connectivity index (χ0n) is 16.2. The summed E-state index contributed by atoms with van der Waals surface area (Å²) in [6.07, 6.45) is 9.85. The molecule has 27 heavy (non-hydrogen) atoms. The Balaban J connectivity index is 1.82. The number of nitrogens with zero attached hydrogens (tertiary/aromatic N) is 2. The van der Waals surface area contributed by atoms with Gasteiger partial charge in [-0.05, 0) is 31.2 Å². The van der Waals surface area contributed by atoms with E-state index < -0.39 is 0 Å². The number of hydrogen-bond donors (Lipinski definition) is 1. The fourth-order valence-corrected chi connectivity index (χ4v) is 5.39. The van der Waals surface area contributed by atoms with Crippen molar-refractivity contribution in [3.63, 3.8) is 0 Å². The standard InChI is InChI=1S/C22H28N2O2S/c1-3-20-18(14-25)23-22(27-20)17-13-24(12-15-8-5-4-6-9-15)21-16(17)10-7-11-19(21)26-2/h7,10-11,13,15,25H,3-6,8-9,12,14H2,1-2H3. The van der Waals surface area contributed by atoms with E-state index in [9.17, 15) is 5.11 Å². The van der Waals surface area contributed by atoms with Gasteiger partial charge in [0.25, 0.3) is 0 Å². The van der Waals surface area contributed by atoms with E-state index in [0.717, 1.165) is 40.9 Å². The number of methoxy groups -OCH3 is 1. The molecule has 5 heteroatoms. The zero-order valence-corrected chi connectivity index (χ0v) is 17.0. The van der Waals surface area contributed by atoms with Crippen molar-refractivity contribution in [3.8, 4) is 16.3 Å². The van der Waals surface area contributed by atoms with Crippen molar-refractivity contribution in [1.82, 2.24) is 9.55 Å². The van der Waals surface area contributed by atoms with Crippen molar-refractivity contribution in [2.45, 2.75) is 58.6 Å². The first-order chi connectivity index (χ1) is 13.2. The maximum Gasteiger partial charge on any atom is 0.143 e. The van der Waals surface area contributed by atoms with Crippen molar-refractivity contribution < 1.29 is 9.84 Å². The highest BCUT2D eigenvalue weighted by atomic mass is 32.1. The number of aliphatic hydroxyl groups is 1. The van der Waals surface area contributed by atoms with Crippen molar-refractivity contribution in [2.24, 2.45) is 5.92 Å². The van der Waals surface area contributed by atoms with E-state index >= 15 is 0 Å². The van der Waals surface area contributed by atoms with E-state index in [1.54, 1.807) is 18.4 Å². The number of aromatic nitrogens is 2. The van der Waals surface area contributed by atoms with Crippen LogP contribution in [0, 0.1) is 5.92 Å². The predicted molar refractivity (Wildman–Crippen MR) is 111 cm³/mol. The van der Waals surface area contributed by atoms with Gasteiger partial charge in [-0.2, -0.15) is 0 Å². The summed E-state index contributed by atoms with van der Waals surface area (Å²) in [5.74, 6) is 1.66. The number of para-hydroxylation sites is 1. The fraction of sp³-hybridized carbons (Fsp3) is 0.500. The van der Waals surface area contributed by atoms with Crippen LogP contribution in [0.15, 0.2) is 24.4 Å². The van der Waals surface area contributed by atoms with E-state index in [1.807, 2.05) is 6.07 Å². The van der Waals surface area contributed by atoms with Crippen LogP contribution in [0.1, 0.15) is 49.6 Å². The Bertz CT molecular complexity index is 900. The van der Waals surface area contributed by atoms with Crippen molar-refractivity contribution in [2.75, 3.05) is 7.11 Å². The van der Waals surface area contributed by atoms with Crippen LogP contribution in [-0.2, 0) is 19.6 Å². The summed E-state index contributed by atoms with van der Waals surface area (Å²) in [5, 5.41) is 11.8. The highest BCUT2D eigenvalue weighted by Crippen LogP contribution is 2.39. The number of thiazole rings is 1. The number of aliphatic hydroxyl groups excluding tert-OH is 1. The molecule has 1 aliphatic carbocycles. The highest BCUT2D eigenvalue weighted by Gasteiger charge is 2.21. The van der Waals surface area contributed by atoms with Gasteiger partial charge in [0.2, 0.25) is 0 Å². The third kappa shape index (κ3) is 3.50. The molecule has 1 saturated carbocycles. The molecular formula is C22H28N2O2S. The van der Waals surface area contributed by atoms with Crippen molar-refractivity contribution in [1.29, 1.82) is 0 Å². The lowest BCUT2D eigenvalue weighted by Crippen LogP contribution is -2.13. The topological polar surface area (TPSA) is 47.3 Å². The second-order valence-corrected chi connectivity index (χ2v) is 8.54. The van der Waals surface area contributed by atoms with Gasteiger partial charge in [-0.25, -0.2) is 4.98 Å². The van der Waals surface area contributed by atoms with Gasteiger partial charge in [0.15, 0.2) is 0 Å². The molecule has 0 radical (unpaired) electrons. The number of hydrogen-bond acceptors (Lipinski definition) is 4.